The summed E-state index contributed by atoms with van der Waals surface area (Å²) >= 11 is 7.47. The Balaban J connectivity index is 2.06. The molecule has 5 heteroatoms. The van der Waals surface area contributed by atoms with E-state index < -0.39 is 5.38 Å². The van der Waals surface area contributed by atoms with Crippen LogP contribution in [0.1, 0.15) is 16.6 Å². The number of alkyl halides is 1. The molecule has 0 unspecified atom stereocenters. The van der Waals surface area contributed by atoms with E-state index in [1.165, 1.54) is 11.3 Å². The van der Waals surface area contributed by atoms with Gasteiger partial charge in [-0.3, -0.25) is 4.79 Å². The fourth-order valence-corrected chi connectivity index (χ4v) is 2.24. The average molecular weight is 267 g/mol. The lowest BCUT2D eigenvalue weighted by Crippen LogP contribution is -2.17. The molecule has 0 saturated carbocycles. The maximum Gasteiger partial charge on any atom is 0.248 e. The molecule has 1 atom stereocenters. The van der Waals surface area contributed by atoms with E-state index in [-0.39, 0.29) is 5.91 Å². The summed E-state index contributed by atoms with van der Waals surface area (Å²) in [6, 6.07) is 9.24. The number of benzene rings is 1. The number of thiazole rings is 1. The fourth-order valence-electron chi connectivity index (χ4n) is 1.35. The third-order valence-electron chi connectivity index (χ3n) is 2.17. The SMILES string of the molecule is Cc1csc(NC(=O)[C@H](Cl)c2ccccc2)n1. The van der Waals surface area contributed by atoms with Crippen molar-refractivity contribution in [1.82, 2.24) is 4.98 Å². The summed E-state index contributed by atoms with van der Waals surface area (Å²) in [7, 11) is 0. The van der Waals surface area contributed by atoms with Crippen LogP contribution in [0.4, 0.5) is 5.13 Å². The average Bonchev–Trinajstić information content (AvgIpc) is 2.75. The number of nitrogens with zero attached hydrogens (tertiary/aromatic N) is 1. The summed E-state index contributed by atoms with van der Waals surface area (Å²) in [5, 5.41) is 4.46. The predicted molar refractivity (Wildman–Crippen MR) is 70.5 cm³/mol. The summed E-state index contributed by atoms with van der Waals surface area (Å²) < 4.78 is 0. The molecule has 2 rings (SSSR count). The zero-order chi connectivity index (χ0) is 12.3. The number of nitrogens with one attached hydrogen (secondary N) is 1. The van der Waals surface area contributed by atoms with E-state index in [2.05, 4.69) is 10.3 Å². The Morgan fingerprint density at radius 2 is 2.12 bits per heavy atom. The largest absolute Gasteiger partial charge is 0.300 e. The van der Waals surface area contributed by atoms with Gasteiger partial charge in [-0.2, -0.15) is 0 Å². The molecule has 1 N–H and O–H groups in total. The highest BCUT2D eigenvalue weighted by Gasteiger charge is 2.18. The predicted octanol–water partition coefficient (Wildman–Crippen LogP) is 3.37. The third-order valence-corrected chi connectivity index (χ3v) is 3.50. The van der Waals surface area contributed by atoms with Crippen molar-refractivity contribution in [2.45, 2.75) is 12.3 Å². The number of aromatic nitrogens is 1. The fraction of sp³-hybridized carbons (Fsp3) is 0.167. The van der Waals surface area contributed by atoms with Gasteiger partial charge in [0.2, 0.25) is 5.91 Å². The van der Waals surface area contributed by atoms with Crippen LogP contribution in [0.15, 0.2) is 35.7 Å². The molecule has 1 amide bonds. The molecule has 1 aromatic carbocycles. The summed E-state index contributed by atoms with van der Waals surface area (Å²) in [5.74, 6) is -0.257. The van der Waals surface area contributed by atoms with Gasteiger partial charge in [0.15, 0.2) is 5.13 Å². The van der Waals surface area contributed by atoms with Gasteiger partial charge >= 0.3 is 0 Å². The van der Waals surface area contributed by atoms with Crippen molar-refractivity contribution in [3.05, 3.63) is 47.0 Å². The van der Waals surface area contributed by atoms with E-state index >= 15 is 0 Å². The van der Waals surface area contributed by atoms with Crippen molar-refractivity contribution in [2.24, 2.45) is 0 Å². The van der Waals surface area contributed by atoms with Gasteiger partial charge in [0.25, 0.3) is 0 Å². The van der Waals surface area contributed by atoms with Crippen molar-refractivity contribution >= 4 is 34.0 Å². The molecule has 3 nitrogen and oxygen atoms in total. The number of hydrogen-bond donors (Lipinski definition) is 1. The molecule has 0 spiro atoms. The minimum Gasteiger partial charge on any atom is -0.300 e. The first-order valence-corrected chi connectivity index (χ1v) is 6.40. The number of hydrogen-bond acceptors (Lipinski definition) is 3. The van der Waals surface area contributed by atoms with Crippen LogP contribution in [0.3, 0.4) is 0 Å². The van der Waals surface area contributed by atoms with Crippen molar-refractivity contribution in [3.8, 4) is 0 Å². The van der Waals surface area contributed by atoms with Gasteiger partial charge in [0.05, 0.1) is 5.69 Å². The maximum atomic E-state index is 11.8. The van der Waals surface area contributed by atoms with Gasteiger partial charge in [0.1, 0.15) is 5.38 Å². The van der Waals surface area contributed by atoms with E-state index in [4.69, 9.17) is 11.6 Å². The zero-order valence-electron chi connectivity index (χ0n) is 9.18. The summed E-state index contributed by atoms with van der Waals surface area (Å²) in [5.41, 5.74) is 1.66. The van der Waals surface area contributed by atoms with Crippen LogP contribution in [0.2, 0.25) is 0 Å². The summed E-state index contributed by atoms with van der Waals surface area (Å²) in [4.78, 5) is 16.0. The van der Waals surface area contributed by atoms with Gasteiger partial charge in [-0.25, -0.2) is 4.98 Å². The molecule has 0 fully saturated rings. The summed E-state index contributed by atoms with van der Waals surface area (Å²) in [6.07, 6.45) is 0. The molecular weight excluding hydrogens is 256 g/mol. The first kappa shape index (κ1) is 12.1. The minimum absolute atomic E-state index is 0.257. The van der Waals surface area contributed by atoms with E-state index in [0.717, 1.165) is 11.3 Å². The maximum absolute atomic E-state index is 11.8. The highest BCUT2D eigenvalue weighted by atomic mass is 35.5. The van der Waals surface area contributed by atoms with E-state index in [0.29, 0.717) is 5.13 Å². The van der Waals surface area contributed by atoms with Gasteiger partial charge < -0.3 is 5.32 Å². The van der Waals surface area contributed by atoms with Crippen LogP contribution in [0.25, 0.3) is 0 Å². The normalized spacial score (nSPS) is 12.1. The highest BCUT2D eigenvalue weighted by molar-refractivity contribution is 7.13. The van der Waals surface area contributed by atoms with Crippen LogP contribution < -0.4 is 5.32 Å². The number of carbonyl (C=O) groups is 1. The third kappa shape index (κ3) is 3.05. The first-order chi connectivity index (χ1) is 8.16. The van der Waals surface area contributed by atoms with Crippen LogP contribution in [-0.4, -0.2) is 10.9 Å². The molecule has 0 radical (unpaired) electrons. The minimum atomic E-state index is -0.694. The highest BCUT2D eigenvalue weighted by Crippen LogP contribution is 2.23. The Hall–Kier alpha value is -1.39. The van der Waals surface area contributed by atoms with Crippen molar-refractivity contribution in [3.63, 3.8) is 0 Å². The topological polar surface area (TPSA) is 42.0 Å². The smallest absolute Gasteiger partial charge is 0.248 e. The monoisotopic (exact) mass is 266 g/mol. The number of halogens is 1. The van der Waals surface area contributed by atoms with Gasteiger partial charge in [0, 0.05) is 5.38 Å². The molecule has 0 aliphatic carbocycles. The Kier molecular flexibility index (Phi) is 3.76. The molecule has 0 saturated heterocycles. The number of anilines is 1. The Labute approximate surface area is 108 Å². The summed E-state index contributed by atoms with van der Waals surface area (Å²) in [6.45, 7) is 1.88. The Morgan fingerprint density at radius 1 is 1.41 bits per heavy atom. The molecule has 88 valence electrons. The van der Waals surface area contributed by atoms with E-state index in [1.807, 2.05) is 42.6 Å². The number of amides is 1. The van der Waals surface area contributed by atoms with Crippen LogP contribution in [-0.2, 0) is 4.79 Å². The quantitative estimate of drug-likeness (QED) is 0.866. The first-order valence-electron chi connectivity index (χ1n) is 5.09. The number of carbonyl (C=O) groups excluding carboxylic acids is 1. The van der Waals surface area contributed by atoms with Crippen LogP contribution in [0, 0.1) is 6.92 Å². The lowest BCUT2D eigenvalue weighted by Gasteiger charge is -2.08. The van der Waals surface area contributed by atoms with Gasteiger partial charge in [-0.1, -0.05) is 30.3 Å². The van der Waals surface area contributed by atoms with Crippen molar-refractivity contribution < 1.29 is 4.79 Å². The van der Waals surface area contributed by atoms with Gasteiger partial charge in [-0.15, -0.1) is 22.9 Å². The standard InChI is InChI=1S/C12H11ClN2OS/c1-8-7-17-12(14-8)15-11(16)10(13)9-5-3-2-4-6-9/h2-7,10H,1H3,(H,14,15,16)/t10-/m1/s1. The van der Waals surface area contributed by atoms with E-state index in [1.54, 1.807) is 0 Å². The van der Waals surface area contributed by atoms with E-state index in [9.17, 15) is 4.79 Å². The Bertz CT molecular complexity index is 512. The second kappa shape index (κ2) is 5.29. The second-order valence-corrected chi connectivity index (χ2v) is 4.85. The molecular formula is C12H11ClN2OS. The molecule has 17 heavy (non-hydrogen) atoms. The second-order valence-electron chi connectivity index (χ2n) is 3.56. The molecule has 2 aromatic rings. The molecule has 0 aliphatic heterocycles. The van der Waals surface area contributed by atoms with Crippen LogP contribution in [0.5, 0.6) is 0 Å². The lowest BCUT2D eigenvalue weighted by atomic mass is 10.1. The van der Waals surface area contributed by atoms with Crippen molar-refractivity contribution in [1.29, 1.82) is 0 Å². The Morgan fingerprint density at radius 3 is 2.71 bits per heavy atom. The lowest BCUT2D eigenvalue weighted by molar-refractivity contribution is -0.116. The molecule has 0 aliphatic rings. The zero-order valence-corrected chi connectivity index (χ0v) is 10.8. The molecule has 1 heterocycles. The van der Waals surface area contributed by atoms with Crippen molar-refractivity contribution in [2.75, 3.05) is 5.32 Å². The number of aryl methyl sites for hydroxylation is 1. The van der Waals surface area contributed by atoms with Crippen LogP contribution >= 0.6 is 22.9 Å². The molecule has 1 aromatic heterocycles. The van der Waals surface area contributed by atoms with Gasteiger partial charge in [-0.05, 0) is 12.5 Å². The number of rotatable bonds is 3. The molecule has 0 bridgehead atoms.